The number of ether oxygens (including phenoxy) is 1. The predicted molar refractivity (Wildman–Crippen MR) is 109 cm³/mol. The number of likely N-dealkylation sites (tertiary alicyclic amines) is 1. The fourth-order valence-electron chi connectivity index (χ4n) is 3.48. The van der Waals surface area contributed by atoms with Crippen molar-refractivity contribution in [1.82, 2.24) is 15.1 Å². The number of benzene rings is 1. The molecule has 7 heteroatoms. The molecule has 1 atom stereocenters. The number of rotatable bonds is 4. The molecule has 2 aliphatic heterocycles. The van der Waals surface area contributed by atoms with E-state index in [1.807, 2.05) is 19.2 Å². The van der Waals surface area contributed by atoms with Crippen LogP contribution in [0.25, 0.3) is 0 Å². The maximum Gasteiger partial charge on any atom is 0.193 e. The molecule has 0 amide bonds. The van der Waals surface area contributed by atoms with Crippen molar-refractivity contribution < 1.29 is 9.13 Å². The monoisotopic (exact) mass is 462 g/mol. The topological polar surface area (TPSA) is 40.1 Å². The first-order valence-electron chi connectivity index (χ1n) is 8.78. The molecule has 25 heavy (non-hydrogen) atoms. The van der Waals surface area contributed by atoms with Crippen molar-refractivity contribution in [1.29, 1.82) is 0 Å². The minimum atomic E-state index is -0.186. The van der Waals surface area contributed by atoms with E-state index in [4.69, 9.17) is 4.74 Å². The van der Waals surface area contributed by atoms with Crippen LogP contribution in [0.4, 0.5) is 4.39 Å². The molecule has 2 fully saturated rings. The second-order valence-electron chi connectivity index (χ2n) is 6.39. The third-order valence-corrected chi connectivity index (χ3v) is 4.85. The quantitative estimate of drug-likeness (QED) is 0.422. The van der Waals surface area contributed by atoms with Crippen molar-refractivity contribution in [2.45, 2.75) is 18.9 Å². The van der Waals surface area contributed by atoms with Gasteiger partial charge < -0.3 is 15.0 Å². The van der Waals surface area contributed by atoms with Gasteiger partial charge in [-0.15, -0.1) is 24.0 Å². The van der Waals surface area contributed by atoms with Crippen LogP contribution in [0, 0.1) is 5.82 Å². The van der Waals surface area contributed by atoms with Crippen LogP contribution in [0.5, 0.6) is 0 Å². The lowest BCUT2D eigenvalue weighted by atomic mass is 10.1. The minimum Gasteiger partial charge on any atom is -0.379 e. The molecule has 0 bridgehead atoms. The smallest absolute Gasteiger partial charge is 0.193 e. The highest BCUT2D eigenvalue weighted by atomic mass is 127. The Kier molecular flexibility index (Phi) is 8.38. The molecular weight excluding hydrogens is 434 g/mol. The van der Waals surface area contributed by atoms with E-state index in [1.54, 1.807) is 0 Å². The maximum absolute atomic E-state index is 12.9. The number of nitrogens with zero attached hydrogens (tertiary/aromatic N) is 3. The molecule has 2 saturated heterocycles. The van der Waals surface area contributed by atoms with Crippen LogP contribution >= 0.6 is 24.0 Å². The number of guanidine groups is 1. The van der Waals surface area contributed by atoms with Crippen LogP contribution < -0.4 is 5.32 Å². The Balaban J connectivity index is 0.00000225. The van der Waals surface area contributed by atoms with Gasteiger partial charge >= 0.3 is 0 Å². The molecular formula is C18H28FIN4O. The lowest BCUT2D eigenvalue weighted by Gasteiger charge is -2.32. The van der Waals surface area contributed by atoms with E-state index >= 15 is 0 Å². The van der Waals surface area contributed by atoms with Crippen LogP contribution in [0.15, 0.2) is 29.3 Å². The Labute approximate surface area is 166 Å². The van der Waals surface area contributed by atoms with E-state index < -0.39 is 0 Å². The van der Waals surface area contributed by atoms with E-state index in [1.165, 1.54) is 18.6 Å². The Morgan fingerprint density at radius 2 is 1.96 bits per heavy atom. The number of hydrogen-bond donors (Lipinski definition) is 1. The first-order chi connectivity index (χ1) is 11.8. The van der Waals surface area contributed by atoms with Gasteiger partial charge in [0, 0.05) is 45.8 Å². The summed E-state index contributed by atoms with van der Waals surface area (Å²) in [6.45, 7) is 6.64. The minimum absolute atomic E-state index is 0. The molecule has 1 aromatic rings. The first kappa shape index (κ1) is 20.4. The lowest BCUT2D eigenvalue weighted by Crippen LogP contribution is -2.46. The zero-order valence-electron chi connectivity index (χ0n) is 14.8. The molecule has 2 heterocycles. The second-order valence-corrected chi connectivity index (χ2v) is 6.39. The fourth-order valence-corrected chi connectivity index (χ4v) is 3.48. The van der Waals surface area contributed by atoms with Crippen LogP contribution in [-0.4, -0.2) is 74.8 Å². The third kappa shape index (κ3) is 5.79. The summed E-state index contributed by atoms with van der Waals surface area (Å²) in [7, 11) is 1.84. The Morgan fingerprint density at radius 3 is 2.64 bits per heavy atom. The molecule has 0 radical (unpaired) electrons. The summed E-state index contributed by atoms with van der Waals surface area (Å²) in [6, 6.07) is 7.30. The Hall–Kier alpha value is -0.930. The molecule has 2 aliphatic rings. The fraction of sp³-hybridized carbons (Fsp3) is 0.611. The number of aliphatic imine (C=N–C) groups is 1. The molecule has 0 aromatic heterocycles. The molecule has 1 unspecified atom stereocenters. The van der Waals surface area contributed by atoms with Crippen molar-refractivity contribution in [2.24, 2.45) is 4.99 Å². The second kappa shape index (κ2) is 10.3. The van der Waals surface area contributed by atoms with Gasteiger partial charge in [-0.3, -0.25) is 9.89 Å². The summed E-state index contributed by atoms with van der Waals surface area (Å²) < 4.78 is 18.4. The Bertz CT molecular complexity index is 549. The molecule has 0 saturated carbocycles. The maximum atomic E-state index is 12.9. The average Bonchev–Trinajstić information content (AvgIpc) is 3.11. The van der Waals surface area contributed by atoms with Gasteiger partial charge in [0.2, 0.25) is 0 Å². The summed E-state index contributed by atoms with van der Waals surface area (Å²) >= 11 is 0. The van der Waals surface area contributed by atoms with Gasteiger partial charge in [-0.25, -0.2) is 4.39 Å². The van der Waals surface area contributed by atoms with Gasteiger partial charge in [0.1, 0.15) is 5.82 Å². The lowest BCUT2D eigenvalue weighted by molar-refractivity contribution is 0.0195. The number of hydrogen-bond acceptors (Lipinski definition) is 3. The predicted octanol–water partition coefficient (Wildman–Crippen LogP) is 1.97. The van der Waals surface area contributed by atoms with Crippen LogP contribution in [-0.2, 0) is 11.2 Å². The van der Waals surface area contributed by atoms with E-state index in [-0.39, 0.29) is 29.8 Å². The molecule has 0 spiro atoms. The van der Waals surface area contributed by atoms with E-state index in [0.29, 0.717) is 6.04 Å². The van der Waals surface area contributed by atoms with Crippen LogP contribution in [0.1, 0.15) is 12.0 Å². The molecule has 3 rings (SSSR count). The summed E-state index contributed by atoms with van der Waals surface area (Å²) in [5, 5.41) is 3.44. The highest BCUT2D eigenvalue weighted by Gasteiger charge is 2.30. The molecule has 140 valence electrons. The number of morpholine rings is 1. The Morgan fingerprint density at radius 1 is 1.24 bits per heavy atom. The van der Waals surface area contributed by atoms with Crippen molar-refractivity contribution in [3.05, 3.63) is 35.6 Å². The normalized spacial score (nSPS) is 21.9. The average molecular weight is 462 g/mol. The largest absolute Gasteiger partial charge is 0.379 e. The SMILES string of the molecule is CN=C(NCCc1ccc(F)cc1)N1CCC(N2CCOCC2)C1.I. The molecule has 0 aliphatic carbocycles. The molecule has 1 N–H and O–H groups in total. The van der Waals surface area contributed by atoms with Crippen molar-refractivity contribution >= 4 is 29.9 Å². The number of nitrogens with one attached hydrogen (secondary N) is 1. The number of halogens is 2. The summed E-state index contributed by atoms with van der Waals surface area (Å²) in [5.74, 6) is 0.779. The van der Waals surface area contributed by atoms with E-state index in [2.05, 4.69) is 20.1 Å². The highest BCUT2D eigenvalue weighted by molar-refractivity contribution is 14.0. The summed E-state index contributed by atoms with van der Waals surface area (Å²) in [4.78, 5) is 9.30. The van der Waals surface area contributed by atoms with Crippen molar-refractivity contribution in [3.63, 3.8) is 0 Å². The van der Waals surface area contributed by atoms with Gasteiger partial charge in [0.05, 0.1) is 13.2 Å². The van der Waals surface area contributed by atoms with Gasteiger partial charge in [-0.05, 0) is 30.5 Å². The third-order valence-electron chi connectivity index (χ3n) is 4.85. The highest BCUT2D eigenvalue weighted by Crippen LogP contribution is 2.17. The molecule has 5 nitrogen and oxygen atoms in total. The van der Waals surface area contributed by atoms with Crippen LogP contribution in [0.3, 0.4) is 0 Å². The van der Waals surface area contributed by atoms with Gasteiger partial charge in [0.25, 0.3) is 0 Å². The van der Waals surface area contributed by atoms with Gasteiger partial charge in [-0.1, -0.05) is 12.1 Å². The standard InChI is InChI=1S/C18H27FN4O.HI/c1-20-18(21-8-6-15-2-4-16(19)5-3-15)23-9-7-17(14-23)22-10-12-24-13-11-22;/h2-5,17H,6-14H2,1H3,(H,20,21);1H. The van der Waals surface area contributed by atoms with Gasteiger partial charge in [0.15, 0.2) is 5.96 Å². The molecule has 1 aromatic carbocycles. The van der Waals surface area contributed by atoms with Crippen LogP contribution in [0.2, 0.25) is 0 Å². The zero-order chi connectivity index (χ0) is 16.8. The zero-order valence-corrected chi connectivity index (χ0v) is 17.1. The summed E-state index contributed by atoms with van der Waals surface area (Å²) in [6.07, 6.45) is 2.04. The van der Waals surface area contributed by atoms with E-state index in [9.17, 15) is 4.39 Å². The van der Waals surface area contributed by atoms with Crippen molar-refractivity contribution in [2.75, 3.05) is 53.0 Å². The first-order valence-corrected chi connectivity index (χ1v) is 8.78. The summed E-state index contributed by atoms with van der Waals surface area (Å²) in [5.41, 5.74) is 1.13. The van der Waals surface area contributed by atoms with E-state index in [0.717, 1.165) is 63.9 Å². The van der Waals surface area contributed by atoms with Gasteiger partial charge in [-0.2, -0.15) is 0 Å². The van der Waals surface area contributed by atoms with Crippen molar-refractivity contribution in [3.8, 4) is 0 Å².